The van der Waals surface area contributed by atoms with Crippen LogP contribution in [0.15, 0.2) is 0 Å². The van der Waals surface area contributed by atoms with Crippen LogP contribution in [0.1, 0.15) is 61.3 Å². The molecule has 0 heterocycles. The van der Waals surface area contributed by atoms with E-state index in [0.717, 1.165) is 12.1 Å². The van der Waals surface area contributed by atoms with Crippen LogP contribution in [0.2, 0.25) is 13.1 Å². The minimum absolute atomic E-state index is 0.0182. The minimum atomic E-state index is -0.647. The fourth-order valence-electron chi connectivity index (χ4n) is 2.94. The fraction of sp³-hybridized carbons (Fsp3) is 1.00. The molecule has 0 aromatic heterocycles. The van der Waals surface area contributed by atoms with Gasteiger partial charge in [-0.25, -0.2) is 0 Å². The Hall–Kier alpha value is 0.571. The second-order valence-electron chi connectivity index (χ2n) is 7.21. The topological polar surface area (TPSA) is 6.48 Å². The highest BCUT2D eigenvalue weighted by Crippen LogP contribution is 2.15. The van der Waals surface area contributed by atoms with Gasteiger partial charge in [0.2, 0.25) is 0 Å². The number of hydrogen-bond donors (Lipinski definition) is 0. The molecule has 0 saturated carbocycles. The first-order valence-electron chi connectivity index (χ1n) is 8.17. The van der Waals surface area contributed by atoms with Crippen molar-refractivity contribution in [1.82, 2.24) is 8.80 Å². The third-order valence-corrected chi connectivity index (χ3v) is 17.9. The molecule has 0 spiro atoms. The van der Waals surface area contributed by atoms with E-state index in [0.29, 0.717) is 5.54 Å². The third kappa shape index (κ3) is 6.71. The molecule has 116 valence electrons. The van der Waals surface area contributed by atoms with Gasteiger partial charge in [0, 0.05) is 0 Å². The predicted octanol–water partition coefficient (Wildman–Crippen LogP) is 2.05. The molecule has 0 radical (unpaired) electrons. The second kappa shape index (κ2) is 8.77. The Labute approximate surface area is 128 Å². The molecule has 2 atom stereocenters. The van der Waals surface area contributed by atoms with E-state index in [9.17, 15) is 0 Å². The number of nitrogens with zero attached hydrogens (tertiary/aromatic N) is 2. The molecule has 0 fully saturated rings. The molecule has 0 amide bonds. The maximum absolute atomic E-state index is 2.96. The largest absolute Gasteiger partial charge is 0.350 e. The Morgan fingerprint density at radius 1 is 0.947 bits per heavy atom. The summed E-state index contributed by atoms with van der Waals surface area (Å²) in [5, 5.41) is 0. The Bertz CT molecular complexity index is 231. The van der Waals surface area contributed by atoms with Crippen LogP contribution >= 0.6 is 0 Å². The lowest BCUT2D eigenvalue weighted by Crippen LogP contribution is -2.56. The van der Waals surface area contributed by atoms with Crippen molar-refractivity contribution in [3.63, 3.8) is 0 Å². The molecular formula is C14H38N2Si3. The van der Waals surface area contributed by atoms with Gasteiger partial charge in [-0.3, -0.25) is 0 Å². The zero-order valence-corrected chi connectivity index (χ0v) is 18.9. The van der Waals surface area contributed by atoms with Crippen molar-refractivity contribution >= 4 is 27.4 Å². The molecule has 2 nitrogen and oxygen atoms in total. The van der Waals surface area contributed by atoms with Crippen LogP contribution in [0.4, 0.5) is 0 Å². The SMILES string of the molecule is CCC(C)N([SiH2][SiH2]N([SiH](C)C)C(C)(C)C)C(C)CC. The monoisotopic (exact) mass is 318 g/mol. The van der Waals surface area contributed by atoms with Crippen LogP contribution < -0.4 is 0 Å². The fourth-order valence-corrected chi connectivity index (χ4v) is 20.7. The third-order valence-electron chi connectivity index (χ3n) is 4.40. The van der Waals surface area contributed by atoms with Crippen molar-refractivity contribution in [2.24, 2.45) is 0 Å². The molecule has 0 bridgehead atoms. The molecule has 0 aliphatic rings. The van der Waals surface area contributed by atoms with Crippen molar-refractivity contribution in [2.45, 2.75) is 92.0 Å². The van der Waals surface area contributed by atoms with Crippen LogP contribution in [0.3, 0.4) is 0 Å². The molecule has 0 aliphatic heterocycles. The van der Waals surface area contributed by atoms with Crippen molar-refractivity contribution < 1.29 is 0 Å². The summed E-state index contributed by atoms with van der Waals surface area (Å²) in [5.41, 5.74) is 0.413. The molecule has 0 saturated heterocycles. The van der Waals surface area contributed by atoms with Crippen molar-refractivity contribution in [2.75, 3.05) is 0 Å². The number of hydrogen-bond acceptors (Lipinski definition) is 2. The minimum Gasteiger partial charge on any atom is -0.350 e. The Morgan fingerprint density at radius 2 is 1.37 bits per heavy atom. The highest BCUT2D eigenvalue weighted by atomic mass is 29.2. The van der Waals surface area contributed by atoms with E-state index < -0.39 is 8.96 Å². The summed E-state index contributed by atoms with van der Waals surface area (Å²) >= 11 is 0. The van der Waals surface area contributed by atoms with Gasteiger partial charge in [-0.05, 0) is 51.2 Å². The molecule has 0 rings (SSSR count). The summed E-state index contributed by atoms with van der Waals surface area (Å²) < 4.78 is 5.86. The average molecular weight is 319 g/mol. The first-order chi connectivity index (χ1) is 8.65. The highest BCUT2D eigenvalue weighted by molar-refractivity contribution is 7.00. The van der Waals surface area contributed by atoms with E-state index in [2.05, 4.69) is 70.4 Å². The van der Waals surface area contributed by atoms with Gasteiger partial charge in [0.15, 0.2) is 0 Å². The van der Waals surface area contributed by atoms with Gasteiger partial charge in [-0.15, -0.1) is 0 Å². The van der Waals surface area contributed by atoms with Gasteiger partial charge in [0.25, 0.3) is 0 Å². The van der Waals surface area contributed by atoms with Crippen LogP contribution in [0.5, 0.6) is 0 Å². The van der Waals surface area contributed by atoms with Crippen molar-refractivity contribution in [3.05, 3.63) is 0 Å². The maximum Gasteiger partial charge on any atom is 0.0981 e. The summed E-state index contributed by atoms with van der Waals surface area (Å²) in [4.78, 5) is 0. The molecule has 0 aromatic carbocycles. The first kappa shape index (κ1) is 19.6. The van der Waals surface area contributed by atoms with Crippen LogP contribution in [0, 0.1) is 0 Å². The van der Waals surface area contributed by atoms with Crippen LogP contribution in [-0.4, -0.2) is 53.8 Å². The Kier molecular flexibility index (Phi) is 9.03. The zero-order valence-electron chi connectivity index (χ0n) is 15.0. The summed E-state index contributed by atoms with van der Waals surface area (Å²) in [7, 11) is -0.694. The van der Waals surface area contributed by atoms with E-state index >= 15 is 0 Å². The molecule has 5 heteroatoms. The van der Waals surface area contributed by atoms with E-state index in [-0.39, 0.29) is 18.4 Å². The molecule has 0 N–H and O–H groups in total. The maximum atomic E-state index is 2.96. The summed E-state index contributed by atoms with van der Waals surface area (Å²) in [6, 6.07) is 1.59. The van der Waals surface area contributed by atoms with Gasteiger partial charge in [0.05, 0.1) is 27.4 Å². The number of rotatable bonds is 8. The van der Waals surface area contributed by atoms with Crippen molar-refractivity contribution in [3.8, 4) is 0 Å². The Balaban J connectivity index is 4.68. The van der Waals surface area contributed by atoms with E-state index in [4.69, 9.17) is 0 Å². The first-order valence-corrected chi connectivity index (χ1v) is 16.3. The lowest BCUT2D eigenvalue weighted by molar-refractivity contribution is 0.271. The van der Waals surface area contributed by atoms with Gasteiger partial charge in [-0.2, -0.15) is 0 Å². The second-order valence-corrected chi connectivity index (χ2v) is 15.7. The molecule has 0 aromatic rings. The van der Waals surface area contributed by atoms with Crippen molar-refractivity contribution in [1.29, 1.82) is 0 Å². The average Bonchev–Trinajstić information content (AvgIpc) is 2.30. The summed E-state index contributed by atoms with van der Waals surface area (Å²) in [6.45, 7) is 21.8. The standard InChI is InChI=1S/C14H38N2Si3/c1-10-12(3)15(13(4)11-2)17-18-16(19(8)9)14(5,6)7/h12-13,19H,10-11,17-18H2,1-9H3. The van der Waals surface area contributed by atoms with Gasteiger partial charge < -0.3 is 8.80 Å². The summed E-state index contributed by atoms with van der Waals surface area (Å²) in [6.07, 6.45) is 2.61. The Morgan fingerprint density at radius 3 is 1.63 bits per heavy atom. The smallest absolute Gasteiger partial charge is 0.0981 e. The molecule has 0 aliphatic carbocycles. The molecular weight excluding hydrogens is 280 g/mol. The van der Waals surface area contributed by atoms with Gasteiger partial charge >= 0.3 is 0 Å². The van der Waals surface area contributed by atoms with E-state index in [1.165, 1.54) is 12.8 Å². The zero-order chi connectivity index (χ0) is 15.2. The normalized spacial score (nSPS) is 17.7. The quantitative estimate of drug-likeness (QED) is 0.632. The van der Waals surface area contributed by atoms with Gasteiger partial charge in [0.1, 0.15) is 0 Å². The lowest BCUT2D eigenvalue weighted by Gasteiger charge is -2.42. The summed E-state index contributed by atoms with van der Waals surface area (Å²) in [5.74, 6) is 0. The predicted molar refractivity (Wildman–Crippen MR) is 98.9 cm³/mol. The van der Waals surface area contributed by atoms with E-state index in [1.54, 1.807) is 0 Å². The lowest BCUT2D eigenvalue weighted by atomic mass is 10.1. The van der Waals surface area contributed by atoms with Crippen LogP contribution in [0.25, 0.3) is 0 Å². The highest BCUT2D eigenvalue weighted by Gasteiger charge is 2.26. The molecule has 19 heavy (non-hydrogen) atoms. The van der Waals surface area contributed by atoms with E-state index in [1.807, 2.05) is 0 Å². The molecule has 2 unspecified atom stereocenters. The van der Waals surface area contributed by atoms with Gasteiger partial charge in [-0.1, -0.05) is 40.8 Å². The van der Waals surface area contributed by atoms with Crippen LogP contribution in [-0.2, 0) is 0 Å².